The predicted molar refractivity (Wildman–Crippen MR) is 95.4 cm³/mol. The van der Waals surface area contributed by atoms with Crippen LogP contribution >= 0.6 is 0 Å². The number of nitrogens with zero attached hydrogens (tertiary/aromatic N) is 1. The van der Waals surface area contributed by atoms with Gasteiger partial charge >= 0.3 is 5.97 Å². The van der Waals surface area contributed by atoms with Crippen molar-refractivity contribution in [2.75, 3.05) is 26.2 Å². The summed E-state index contributed by atoms with van der Waals surface area (Å²) in [6.45, 7) is 16.3. The van der Waals surface area contributed by atoms with Crippen LogP contribution in [0.3, 0.4) is 0 Å². The van der Waals surface area contributed by atoms with Gasteiger partial charge in [-0.1, -0.05) is 37.9 Å². The number of carboxylic acids is 1. The van der Waals surface area contributed by atoms with Gasteiger partial charge in [-0.05, 0) is 37.3 Å². The molecule has 0 saturated carbocycles. The van der Waals surface area contributed by atoms with Gasteiger partial charge < -0.3 is 14.7 Å². The summed E-state index contributed by atoms with van der Waals surface area (Å²) in [6.07, 6.45) is 5.34. The second-order valence-corrected chi connectivity index (χ2v) is 5.46. The van der Waals surface area contributed by atoms with E-state index in [2.05, 4.69) is 19.7 Å². The maximum atomic E-state index is 10.2. The lowest BCUT2D eigenvalue weighted by molar-refractivity contribution is -0.914. The minimum atomic E-state index is -0.879. The van der Waals surface area contributed by atoms with Gasteiger partial charge in [0.15, 0.2) is 0 Å². The van der Waals surface area contributed by atoms with Gasteiger partial charge in [-0.2, -0.15) is 0 Å². The van der Waals surface area contributed by atoms with E-state index in [0.717, 1.165) is 24.1 Å². The number of hydrogen-bond acceptors (Lipinski definition) is 2. The zero-order valence-electron chi connectivity index (χ0n) is 13.9. The Morgan fingerprint density at radius 2 is 1.52 bits per heavy atom. The lowest BCUT2D eigenvalue weighted by Crippen LogP contribution is -2.52. The molecule has 0 aromatic heterocycles. The Bertz CT molecular complexity index is 468. The number of aliphatic hydroxyl groups is 1. The van der Waals surface area contributed by atoms with Crippen LogP contribution < -0.4 is 0 Å². The first-order valence-corrected chi connectivity index (χ1v) is 7.55. The minimum absolute atomic E-state index is 0.310. The largest absolute Gasteiger partial charge is 0.478 e. The van der Waals surface area contributed by atoms with Gasteiger partial charge in [0.1, 0.15) is 12.6 Å². The maximum Gasteiger partial charge on any atom is 0.335 e. The molecule has 4 heteroatoms. The fourth-order valence-corrected chi connectivity index (χ4v) is 2.41. The first-order chi connectivity index (χ1) is 10.9. The molecule has 0 aliphatic carbocycles. The number of carbonyl (C=O) groups is 1. The zero-order valence-corrected chi connectivity index (χ0v) is 13.9. The Labute approximate surface area is 139 Å². The van der Waals surface area contributed by atoms with Crippen molar-refractivity contribution >= 4 is 5.97 Å². The van der Waals surface area contributed by atoms with Gasteiger partial charge in [-0.3, -0.25) is 0 Å². The van der Waals surface area contributed by atoms with Gasteiger partial charge in [0.05, 0.1) is 25.2 Å². The molecule has 0 heterocycles. The fourth-order valence-electron chi connectivity index (χ4n) is 2.41. The van der Waals surface area contributed by atoms with Crippen LogP contribution in [0, 0.1) is 0 Å². The number of rotatable bonds is 9. The molecule has 1 aromatic carbocycles. The highest BCUT2D eigenvalue weighted by Crippen LogP contribution is 2.09. The van der Waals surface area contributed by atoms with Crippen molar-refractivity contribution in [3.05, 3.63) is 73.9 Å². The van der Waals surface area contributed by atoms with Crippen LogP contribution in [0.2, 0.25) is 0 Å². The quantitative estimate of drug-likeness (QED) is 0.543. The van der Waals surface area contributed by atoms with Crippen LogP contribution in [0.25, 0.3) is 0 Å². The van der Waals surface area contributed by atoms with Crippen molar-refractivity contribution in [1.82, 2.24) is 0 Å². The van der Waals surface area contributed by atoms with Crippen LogP contribution in [0.15, 0.2) is 68.3 Å². The van der Waals surface area contributed by atoms with Gasteiger partial charge in [0.25, 0.3) is 0 Å². The van der Waals surface area contributed by atoms with E-state index >= 15 is 0 Å². The molecule has 0 spiro atoms. The standard InChI is InChI=1S/C12H22NO.C7H6O2/c1-5-8-13(9-6-2,10-7-3)11-12(4)14;8-7(9)6-4-2-1-3-5-6/h5-7,12,14H,1-3,8-11H2,4H3;1-5H,(H,8,9)/q+1;. The first kappa shape index (κ1) is 20.8. The summed E-state index contributed by atoms with van der Waals surface area (Å²) in [5.74, 6) is -0.879. The Morgan fingerprint density at radius 1 is 1.09 bits per heavy atom. The third-order valence-corrected chi connectivity index (χ3v) is 3.22. The molecule has 1 unspecified atom stereocenters. The van der Waals surface area contributed by atoms with E-state index in [1.807, 2.05) is 25.2 Å². The summed E-state index contributed by atoms with van der Waals surface area (Å²) in [6, 6.07) is 8.30. The number of aliphatic hydroxyl groups excluding tert-OH is 1. The third kappa shape index (κ3) is 8.76. The topological polar surface area (TPSA) is 57.5 Å². The molecule has 23 heavy (non-hydrogen) atoms. The molecule has 0 saturated heterocycles. The maximum absolute atomic E-state index is 10.2. The molecule has 1 rings (SSSR count). The summed E-state index contributed by atoms with van der Waals surface area (Å²) in [7, 11) is 0. The molecular formula is C19H28NO3+. The van der Waals surface area contributed by atoms with Gasteiger partial charge in [-0.15, -0.1) is 0 Å². The van der Waals surface area contributed by atoms with Gasteiger partial charge in [0, 0.05) is 0 Å². The number of quaternary nitrogens is 1. The Balaban J connectivity index is 0.000000459. The summed E-state index contributed by atoms with van der Waals surface area (Å²) in [4.78, 5) is 10.2. The first-order valence-electron chi connectivity index (χ1n) is 7.55. The second-order valence-electron chi connectivity index (χ2n) is 5.46. The van der Waals surface area contributed by atoms with E-state index < -0.39 is 5.97 Å². The monoisotopic (exact) mass is 318 g/mol. The molecule has 1 aromatic rings. The molecule has 0 fully saturated rings. The van der Waals surface area contributed by atoms with Crippen molar-refractivity contribution in [2.45, 2.75) is 13.0 Å². The van der Waals surface area contributed by atoms with Crippen molar-refractivity contribution in [3.63, 3.8) is 0 Å². The predicted octanol–water partition coefficient (Wildman–Crippen LogP) is 3.13. The summed E-state index contributed by atoms with van der Waals surface area (Å²) in [5, 5.41) is 17.8. The SMILES string of the molecule is C=CC[N+](CC=C)(CC=C)CC(C)O.O=C(O)c1ccccc1. The second kappa shape index (κ2) is 11.4. The Kier molecular flexibility index (Phi) is 10.3. The summed E-state index contributed by atoms with van der Waals surface area (Å²) >= 11 is 0. The van der Waals surface area contributed by atoms with Crippen molar-refractivity contribution in [2.24, 2.45) is 0 Å². The average molecular weight is 318 g/mol. The lowest BCUT2D eigenvalue weighted by atomic mass is 10.2. The van der Waals surface area contributed by atoms with Crippen molar-refractivity contribution in [1.29, 1.82) is 0 Å². The highest BCUT2D eigenvalue weighted by atomic mass is 16.4. The molecule has 0 bridgehead atoms. The van der Waals surface area contributed by atoms with Crippen molar-refractivity contribution in [3.8, 4) is 0 Å². The fraction of sp³-hybridized carbons (Fsp3) is 0.316. The van der Waals surface area contributed by atoms with E-state index in [-0.39, 0.29) is 6.10 Å². The number of benzene rings is 1. The molecule has 0 radical (unpaired) electrons. The molecule has 0 aliphatic heterocycles. The highest BCUT2D eigenvalue weighted by Gasteiger charge is 2.24. The number of carboxylic acid groups (broad SMARTS) is 1. The Morgan fingerprint density at radius 3 is 1.78 bits per heavy atom. The van der Waals surface area contributed by atoms with Crippen LogP contribution in [-0.2, 0) is 0 Å². The minimum Gasteiger partial charge on any atom is -0.478 e. The van der Waals surface area contributed by atoms with Crippen LogP contribution in [0.4, 0.5) is 0 Å². The van der Waals surface area contributed by atoms with E-state index in [0.29, 0.717) is 12.1 Å². The van der Waals surface area contributed by atoms with E-state index in [9.17, 15) is 9.90 Å². The molecular weight excluding hydrogens is 290 g/mol. The van der Waals surface area contributed by atoms with Gasteiger partial charge in [-0.25, -0.2) is 4.79 Å². The third-order valence-electron chi connectivity index (χ3n) is 3.22. The zero-order chi connectivity index (χ0) is 17.7. The normalized spacial score (nSPS) is 11.6. The summed E-state index contributed by atoms with van der Waals surface area (Å²) < 4.78 is 0.758. The van der Waals surface area contributed by atoms with Crippen LogP contribution in [0.5, 0.6) is 0 Å². The number of aromatic carboxylic acids is 1. The highest BCUT2D eigenvalue weighted by molar-refractivity contribution is 5.87. The Hall–Kier alpha value is -2.17. The average Bonchev–Trinajstić information content (AvgIpc) is 2.49. The van der Waals surface area contributed by atoms with Crippen molar-refractivity contribution < 1.29 is 19.5 Å². The molecule has 126 valence electrons. The lowest BCUT2D eigenvalue weighted by Gasteiger charge is -2.37. The molecule has 0 aliphatic rings. The summed E-state index contributed by atoms with van der Waals surface area (Å²) in [5.41, 5.74) is 0.331. The van der Waals surface area contributed by atoms with E-state index in [1.54, 1.807) is 30.3 Å². The number of hydrogen-bond donors (Lipinski definition) is 2. The smallest absolute Gasteiger partial charge is 0.335 e. The van der Waals surface area contributed by atoms with E-state index in [4.69, 9.17) is 5.11 Å². The molecule has 0 amide bonds. The van der Waals surface area contributed by atoms with E-state index in [1.165, 1.54) is 0 Å². The molecule has 1 atom stereocenters. The van der Waals surface area contributed by atoms with Crippen LogP contribution in [-0.4, -0.2) is 52.9 Å². The molecule has 4 nitrogen and oxygen atoms in total. The van der Waals surface area contributed by atoms with Gasteiger partial charge in [0.2, 0.25) is 0 Å². The molecule has 2 N–H and O–H groups in total. The van der Waals surface area contributed by atoms with Crippen LogP contribution in [0.1, 0.15) is 17.3 Å².